The lowest BCUT2D eigenvalue weighted by molar-refractivity contribution is 0.0696. The average Bonchev–Trinajstić information content (AvgIpc) is 2.74. The molecule has 98 valence electrons. The zero-order valence-electron chi connectivity index (χ0n) is 11.2. The highest BCUT2D eigenvalue weighted by Crippen LogP contribution is 2.31. The largest absolute Gasteiger partial charge is 0.478 e. The van der Waals surface area contributed by atoms with Crippen molar-refractivity contribution in [3.05, 3.63) is 23.0 Å². The molecule has 2 heterocycles. The lowest BCUT2D eigenvalue weighted by Crippen LogP contribution is -2.30. The second-order valence-corrected chi connectivity index (χ2v) is 4.95. The maximum absolute atomic E-state index is 11.4. The van der Waals surface area contributed by atoms with Gasteiger partial charge in [0.25, 0.3) is 0 Å². The number of hydrogen-bond acceptors (Lipinski definition) is 3. The van der Waals surface area contributed by atoms with Gasteiger partial charge in [0.2, 0.25) is 0 Å². The molecule has 1 fully saturated rings. The first-order valence-electron chi connectivity index (χ1n) is 6.52. The van der Waals surface area contributed by atoms with Crippen LogP contribution in [0.25, 0.3) is 0 Å². The van der Waals surface area contributed by atoms with Gasteiger partial charge in [-0.25, -0.2) is 4.79 Å². The van der Waals surface area contributed by atoms with Crippen LogP contribution in [0, 0.1) is 13.8 Å². The van der Waals surface area contributed by atoms with E-state index in [1.807, 2.05) is 13.0 Å². The number of hydrogen-bond donors (Lipinski definition) is 1. The SMILES string of the molecule is CCC1CCCN1c1cc(C)nc(C)c1C(=O)O. The van der Waals surface area contributed by atoms with Gasteiger partial charge in [-0.05, 0) is 39.2 Å². The number of carboxylic acid groups (broad SMARTS) is 1. The van der Waals surface area contributed by atoms with Crippen LogP contribution in [0.5, 0.6) is 0 Å². The fraction of sp³-hybridized carbons (Fsp3) is 0.571. The van der Waals surface area contributed by atoms with E-state index in [0.717, 1.165) is 37.2 Å². The summed E-state index contributed by atoms with van der Waals surface area (Å²) in [5.74, 6) is -0.878. The van der Waals surface area contributed by atoms with Crippen molar-refractivity contribution in [3.8, 4) is 0 Å². The standard InChI is InChI=1S/C14H20N2O2/c1-4-11-6-5-7-16(11)12-8-9(2)15-10(3)13(12)14(17)18/h8,11H,4-7H2,1-3H3,(H,17,18). The molecule has 0 bridgehead atoms. The Morgan fingerprint density at radius 3 is 2.89 bits per heavy atom. The van der Waals surface area contributed by atoms with Crippen LogP contribution in [-0.2, 0) is 0 Å². The molecule has 0 amide bonds. The van der Waals surface area contributed by atoms with Gasteiger partial charge in [-0.3, -0.25) is 4.98 Å². The third-order valence-corrected chi connectivity index (χ3v) is 3.68. The molecular weight excluding hydrogens is 228 g/mol. The molecule has 1 aromatic rings. The fourth-order valence-electron chi connectivity index (χ4n) is 2.88. The van der Waals surface area contributed by atoms with E-state index >= 15 is 0 Å². The van der Waals surface area contributed by atoms with E-state index in [1.54, 1.807) is 6.92 Å². The van der Waals surface area contributed by atoms with Crippen LogP contribution in [0.4, 0.5) is 5.69 Å². The number of pyridine rings is 1. The molecule has 0 radical (unpaired) electrons. The Bertz CT molecular complexity index is 471. The predicted molar refractivity (Wildman–Crippen MR) is 71.3 cm³/mol. The van der Waals surface area contributed by atoms with Crippen LogP contribution in [0.15, 0.2) is 6.07 Å². The lowest BCUT2D eigenvalue weighted by atomic mass is 10.1. The Kier molecular flexibility index (Phi) is 3.55. The first kappa shape index (κ1) is 12.9. The summed E-state index contributed by atoms with van der Waals surface area (Å²) in [7, 11) is 0. The molecule has 1 N–H and O–H groups in total. The molecule has 1 atom stereocenters. The summed E-state index contributed by atoms with van der Waals surface area (Å²) in [6.07, 6.45) is 3.34. The molecule has 4 nitrogen and oxygen atoms in total. The van der Waals surface area contributed by atoms with E-state index in [9.17, 15) is 9.90 Å². The average molecular weight is 248 g/mol. The molecule has 18 heavy (non-hydrogen) atoms. The third-order valence-electron chi connectivity index (χ3n) is 3.68. The molecule has 0 saturated carbocycles. The first-order valence-corrected chi connectivity index (χ1v) is 6.52. The van der Waals surface area contributed by atoms with Gasteiger partial charge >= 0.3 is 5.97 Å². The molecule has 1 aliphatic rings. The van der Waals surface area contributed by atoms with Crippen LogP contribution in [0.3, 0.4) is 0 Å². The minimum Gasteiger partial charge on any atom is -0.478 e. The molecule has 0 aliphatic carbocycles. The van der Waals surface area contributed by atoms with Crippen LogP contribution < -0.4 is 4.90 Å². The van der Waals surface area contributed by atoms with E-state index < -0.39 is 5.97 Å². The van der Waals surface area contributed by atoms with Gasteiger partial charge in [0.1, 0.15) is 5.56 Å². The van der Waals surface area contributed by atoms with Gasteiger partial charge in [0.15, 0.2) is 0 Å². The highest BCUT2D eigenvalue weighted by molar-refractivity contribution is 5.95. The number of aromatic carboxylic acids is 1. The Morgan fingerprint density at radius 2 is 2.28 bits per heavy atom. The highest BCUT2D eigenvalue weighted by Gasteiger charge is 2.28. The number of aromatic nitrogens is 1. The molecule has 1 unspecified atom stereocenters. The number of aryl methyl sites for hydroxylation is 2. The van der Waals surface area contributed by atoms with Crippen molar-refractivity contribution >= 4 is 11.7 Å². The van der Waals surface area contributed by atoms with Crippen molar-refractivity contribution in [2.75, 3.05) is 11.4 Å². The minimum absolute atomic E-state index is 0.362. The Labute approximate surface area is 108 Å². The molecule has 1 aliphatic heterocycles. The Hall–Kier alpha value is -1.58. The molecule has 2 rings (SSSR count). The monoisotopic (exact) mass is 248 g/mol. The molecule has 0 aromatic carbocycles. The zero-order chi connectivity index (χ0) is 13.3. The summed E-state index contributed by atoms with van der Waals surface area (Å²) in [5, 5.41) is 9.39. The molecule has 0 spiro atoms. The van der Waals surface area contributed by atoms with Gasteiger partial charge in [0, 0.05) is 18.3 Å². The maximum atomic E-state index is 11.4. The van der Waals surface area contributed by atoms with Gasteiger partial charge in [-0.2, -0.15) is 0 Å². The first-order chi connectivity index (χ1) is 8.54. The van der Waals surface area contributed by atoms with Crippen LogP contribution >= 0.6 is 0 Å². The molecule has 4 heteroatoms. The Balaban J connectivity index is 2.51. The van der Waals surface area contributed by atoms with E-state index in [2.05, 4.69) is 16.8 Å². The number of nitrogens with zero attached hydrogens (tertiary/aromatic N) is 2. The van der Waals surface area contributed by atoms with Gasteiger partial charge < -0.3 is 10.0 Å². The third kappa shape index (κ3) is 2.19. The van der Waals surface area contributed by atoms with E-state index in [4.69, 9.17) is 0 Å². The number of rotatable bonds is 3. The number of carboxylic acids is 1. The number of anilines is 1. The van der Waals surface area contributed by atoms with E-state index in [-0.39, 0.29) is 0 Å². The topological polar surface area (TPSA) is 53.4 Å². The van der Waals surface area contributed by atoms with Crippen LogP contribution in [-0.4, -0.2) is 28.6 Å². The molecule has 1 saturated heterocycles. The van der Waals surface area contributed by atoms with Crippen LogP contribution in [0.2, 0.25) is 0 Å². The van der Waals surface area contributed by atoms with E-state index in [1.165, 1.54) is 0 Å². The molecular formula is C14H20N2O2. The van der Waals surface area contributed by atoms with Crippen molar-refractivity contribution < 1.29 is 9.90 Å². The Morgan fingerprint density at radius 1 is 1.56 bits per heavy atom. The summed E-state index contributed by atoms with van der Waals surface area (Å²) in [5.41, 5.74) is 2.70. The summed E-state index contributed by atoms with van der Waals surface area (Å²) in [4.78, 5) is 18.0. The normalized spacial score (nSPS) is 19.3. The van der Waals surface area contributed by atoms with Crippen molar-refractivity contribution in [3.63, 3.8) is 0 Å². The van der Waals surface area contributed by atoms with Crippen molar-refractivity contribution in [2.45, 2.75) is 46.1 Å². The van der Waals surface area contributed by atoms with Gasteiger partial charge in [-0.15, -0.1) is 0 Å². The number of carbonyl (C=O) groups is 1. The zero-order valence-corrected chi connectivity index (χ0v) is 11.2. The smallest absolute Gasteiger partial charge is 0.339 e. The second kappa shape index (κ2) is 4.96. The highest BCUT2D eigenvalue weighted by atomic mass is 16.4. The van der Waals surface area contributed by atoms with Gasteiger partial charge in [-0.1, -0.05) is 6.92 Å². The summed E-state index contributed by atoms with van der Waals surface area (Å²) in [6, 6.07) is 2.37. The second-order valence-electron chi connectivity index (χ2n) is 4.95. The van der Waals surface area contributed by atoms with E-state index in [0.29, 0.717) is 17.3 Å². The fourth-order valence-corrected chi connectivity index (χ4v) is 2.88. The van der Waals surface area contributed by atoms with Crippen LogP contribution in [0.1, 0.15) is 47.9 Å². The quantitative estimate of drug-likeness (QED) is 0.893. The summed E-state index contributed by atoms with van der Waals surface area (Å²) < 4.78 is 0. The molecule has 1 aromatic heterocycles. The minimum atomic E-state index is -0.878. The van der Waals surface area contributed by atoms with Gasteiger partial charge in [0.05, 0.1) is 11.4 Å². The summed E-state index contributed by atoms with van der Waals surface area (Å²) >= 11 is 0. The maximum Gasteiger partial charge on any atom is 0.339 e. The van der Waals surface area contributed by atoms with Crippen molar-refractivity contribution in [2.24, 2.45) is 0 Å². The summed E-state index contributed by atoms with van der Waals surface area (Å²) in [6.45, 7) is 6.79. The predicted octanol–water partition coefficient (Wildman–Crippen LogP) is 2.78. The lowest BCUT2D eigenvalue weighted by Gasteiger charge is -2.28. The van der Waals surface area contributed by atoms with Crippen molar-refractivity contribution in [1.29, 1.82) is 0 Å². The van der Waals surface area contributed by atoms with Crippen molar-refractivity contribution in [1.82, 2.24) is 4.98 Å².